The van der Waals surface area contributed by atoms with Crippen LogP contribution in [0, 0.1) is 0 Å². The van der Waals surface area contributed by atoms with E-state index < -0.39 is 22.9 Å². The summed E-state index contributed by atoms with van der Waals surface area (Å²) in [5.41, 5.74) is -2.39. The molecule has 0 aliphatic rings. The highest BCUT2D eigenvalue weighted by Crippen LogP contribution is 2.70. The Hall–Kier alpha value is -4.43. The Labute approximate surface area is 260 Å². The maximum absolute atomic E-state index is 11.4. The molecule has 10 heteroatoms. The normalized spacial score (nSPS) is 12.7. The van der Waals surface area contributed by atoms with E-state index in [9.17, 15) is 18.3 Å². The van der Waals surface area contributed by atoms with E-state index in [1.807, 2.05) is 18.2 Å². The summed E-state index contributed by atoms with van der Waals surface area (Å²) < 4.78 is 61.1. The molecule has 0 aliphatic heterocycles. The van der Waals surface area contributed by atoms with Gasteiger partial charge in [0.25, 0.3) is 0 Å². The van der Waals surface area contributed by atoms with Crippen LogP contribution in [-0.2, 0) is 17.2 Å². The Morgan fingerprint density at radius 1 is 0.667 bits per heavy atom. The second kappa shape index (κ2) is 12.9. The van der Waals surface area contributed by atoms with Gasteiger partial charge in [0.1, 0.15) is 34.6 Å². The summed E-state index contributed by atoms with van der Waals surface area (Å²) in [5.74, 6) is 0.326. The van der Waals surface area contributed by atoms with Crippen LogP contribution in [0.5, 0.6) is 5.75 Å². The molecule has 1 atom stereocenters. The lowest BCUT2D eigenvalue weighted by Crippen LogP contribution is -2.35. The van der Waals surface area contributed by atoms with E-state index in [0.717, 1.165) is 5.56 Å². The van der Waals surface area contributed by atoms with E-state index in [1.54, 1.807) is 0 Å². The summed E-state index contributed by atoms with van der Waals surface area (Å²) in [6.07, 6.45) is 2.27. The molecule has 6 rings (SSSR count). The SMILES string of the molecule is Cn1cc(C(c2ccccc2O)[P+](c2ccccc2)(c2ccccc2)c2ccccc2)c2ccccc21.O=S(=O)([O-])C(F)(F)F. The molecule has 45 heavy (non-hydrogen) atoms. The van der Waals surface area contributed by atoms with Crippen molar-refractivity contribution >= 4 is 44.2 Å². The first-order chi connectivity index (χ1) is 21.5. The highest BCUT2D eigenvalue weighted by atomic mass is 32.2. The van der Waals surface area contributed by atoms with Crippen LogP contribution in [0.1, 0.15) is 16.8 Å². The maximum Gasteiger partial charge on any atom is 0.485 e. The fourth-order valence-corrected chi connectivity index (χ4v) is 10.8. The van der Waals surface area contributed by atoms with Gasteiger partial charge >= 0.3 is 5.51 Å². The van der Waals surface area contributed by atoms with Gasteiger partial charge in [0.2, 0.25) is 0 Å². The zero-order valence-electron chi connectivity index (χ0n) is 24.0. The molecule has 5 nitrogen and oxygen atoms in total. The van der Waals surface area contributed by atoms with Gasteiger partial charge in [-0.15, -0.1) is 0 Å². The maximum atomic E-state index is 11.4. The Kier molecular flexibility index (Phi) is 9.16. The van der Waals surface area contributed by atoms with Crippen molar-refractivity contribution in [3.63, 3.8) is 0 Å². The van der Waals surface area contributed by atoms with E-state index in [1.165, 1.54) is 32.4 Å². The molecule has 0 spiro atoms. The van der Waals surface area contributed by atoms with E-state index in [4.69, 9.17) is 13.0 Å². The number of halogens is 3. The van der Waals surface area contributed by atoms with E-state index in [2.05, 4.69) is 139 Å². The van der Waals surface area contributed by atoms with Gasteiger partial charge in [0.05, 0.1) is 0 Å². The second-order valence-electron chi connectivity index (χ2n) is 10.3. The monoisotopic (exact) mass is 647 g/mol. The van der Waals surface area contributed by atoms with Gasteiger partial charge in [-0.05, 0) is 48.5 Å². The summed E-state index contributed by atoms with van der Waals surface area (Å²) in [4.78, 5) is 0. The fraction of sp³-hybridized carbons (Fsp3) is 0.0857. The minimum absolute atomic E-state index is 0.105. The van der Waals surface area contributed by atoms with Gasteiger partial charge in [-0.1, -0.05) is 91.0 Å². The van der Waals surface area contributed by atoms with Crippen LogP contribution in [-0.4, -0.2) is 28.2 Å². The van der Waals surface area contributed by atoms with Gasteiger partial charge in [0.15, 0.2) is 10.1 Å². The van der Waals surface area contributed by atoms with Gasteiger partial charge in [-0.25, -0.2) is 8.42 Å². The number of aromatic nitrogens is 1. The predicted octanol–water partition coefficient (Wildman–Crippen LogP) is 7.02. The fourth-order valence-electron chi connectivity index (χ4n) is 5.78. The van der Waals surface area contributed by atoms with Crippen LogP contribution >= 0.6 is 7.26 Å². The molecule has 0 saturated carbocycles. The van der Waals surface area contributed by atoms with E-state index >= 15 is 0 Å². The minimum atomic E-state index is -6.09. The number of phenols is 1. The quantitative estimate of drug-likeness (QED) is 0.120. The van der Waals surface area contributed by atoms with Crippen molar-refractivity contribution in [3.8, 4) is 5.75 Å². The number of phenolic OH excluding ortho intramolecular Hbond substituents is 1. The lowest BCUT2D eigenvalue weighted by Gasteiger charge is -2.35. The Balaban J connectivity index is 0.000000444. The topological polar surface area (TPSA) is 82.4 Å². The molecule has 1 heterocycles. The van der Waals surface area contributed by atoms with Crippen molar-refractivity contribution < 1.29 is 31.2 Å². The first-order valence-electron chi connectivity index (χ1n) is 13.9. The Morgan fingerprint density at radius 3 is 1.51 bits per heavy atom. The molecule has 0 bridgehead atoms. The molecule has 0 saturated heterocycles. The van der Waals surface area contributed by atoms with Crippen molar-refractivity contribution in [2.24, 2.45) is 7.05 Å². The lowest BCUT2D eigenvalue weighted by molar-refractivity contribution is -0.0517. The number of aromatic hydroxyl groups is 1. The van der Waals surface area contributed by atoms with Crippen LogP contribution < -0.4 is 15.9 Å². The Bertz CT molecular complexity index is 1900. The minimum Gasteiger partial charge on any atom is -0.741 e. The summed E-state index contributed by atoms with van der Waals surface area (Å²) in [7, 11) is -6.38. The molecule has 0 aliphatic carbocycles. The first-order valence-corrected chi connectivity index (χ1v) is 17.1. The highest BCUT2D eigenvalue weighted by Gasteiger charge is 2.55. The zero-order valence-corrected chi connectivity index (χ0v) is 25.8. The van der Waals surface area contributed by atoms with E-state index in [-0.39, 0.29) is 5.66 Å². The average Bonchev–Trinajstić information content (AvgIpc) is 3.37. The van der Waals surface area contributed by atoms with Crippen LogP contribution in [0.2, 0.25) is 0 Å². The van der Waals surface area contributed by atoms with Crippen molar-refractivity contribution in [2.75, 3.05) is 0 Å². The molecule has 1 unspecified atom stereocenters. The molecule has 0 amide bonds. The number of aryl methyl sites for hydroxylation is 1. The number of hydrogen-bond donors (Lipinski definition) is 1. The van der Waals surface area contributed by atoms with Crippen LogP contribution in [0.15, 0.2) is 146 Å². The molecular weight excluding hydrogens is 618 g/mol. The number of hydrogen-bond acceptors (Lipinski definition) is 4. The third-order valence-corrected chi connectivity index (χ3v) is 12.9. The van der Waals surface area contributed by atoms with Gasteiger partial charge in [0, 0.05) is 35.3 Å². The first kappa shape index (κ1) is 32.0. The van der Waals surface area contributed by atoms with Gasteiger partial charge in [-0.3, -0.25) is 0 Å². The summed E-state index contributed by atoms with van der Waals surface area (Å²) in [6, 6.07) is 49.2. The number of nitrogens with zero attached hydrogens (tertiary/aromatic N) is 1. The highest BCUT2D eigenvalue weighted by molar-refractivity contribution is 7.96. The van der Waals surface area contributed by atoms with Gasteiger partial charge in [-0.2, -0.15) is 13.2 Å². The number of fused-ring (bicyclic) bond motifs is 1. The molecule has 1 N–H and O–H groups in total. The molecule has 5 aromatic carbocycles. The van der Waals surface area contributed by atoms with E-state index in [0.29, 0.717) is 5.75 Å². The summed E-state index contributed by atoms with van der Waals surface area (Å²) in [5, 5.41) is 16.5. The number of rotatable bonds is 6. The smallest absolute Gasteiger partial charge is 0.485 e. The van der Waals surface area contributed by atoms with Crippen LogP contribution in [0.3, 0.4) is 0 Å². The summed E-state index contributed by atoms with van der Waals surface area (Å²) in [6.45, 7) is 0. The average molecular weight is 648 g/mol. The Morgan fingerprint density at radius 2 is 1.07 bits per heavy atom. The second-order valence-corrected chi connectivity index (χ2v) is 15.2. The third kappa shape index (κ3) is 6.25. The molecule has 0 radical (unpaired) electrons. The third-order valence-electron chi connectivity index (χ3n) is 7.61. The zero-order chi connectivity index (χ0) is 32.2. The largest absolute Gasteiger partial charge is 0.741 e. The van der Waals surface area contributed by atoms with Gasteiger partial charge < -0.3 is 14.2 Å². The van der Waals surface area contributed by atoms with Crippen LogP contribution in [0.4, 0.5) is 13.2 Å². The lowest BCUT2D eigenvalue weighted by atomic mass is 10.0. The number of benzene rings is 5. The molecule has 230 valence electrons. The molecule has 1 aromatic heterocycles. The number of alkyl halides is 3. The standard InChI is InChI=1S/C34H28NOP.CHF3O3S/c1-35-25-31(29-21-11-13-23-32(29)35)34(30-22-12-14-24-33(30)36)37(26-15-5-2-6-16-26,27-17-7-3-8-18-27)28-19-9-4-10-20-28;2-1(3,4)8(5,6)7/h2-25,34H,1H3;(H,5,6,7). The predicted molar refractivity (Wildman–Crippen MR) is 174 cm³/mol. The van der Waals surface area contributed by atoms with Crippen molar-refractivity contribution in [2.45, 2.75) is 11.2 Å². The molecule has 0 fully saturated rings. The van der Waals surface area contributed by atoms with Crippen molar-refractivity contribution in [1.29, 1.82) is 0 Å². The van der Waals surface area contributed by atoms with Crippen molar-refractivity contribution in [1.82, 2.24) is 4.57 Å². The molecule has 6 aromatic rings. The molecular formula is C35H29F3NO4PS. The van der Waals surface area contributed by atoms with Crippen LogP contribution in [0.25, 0.3) is 10.9 Å². The number of para-hydroxylation sites is 2. The summed E-state index contributed by atoms with van der Waals surface area (Å²) >= 11 is 0. The van der Waals surface area contributed by atoms with Crippen molar-refractivity contribution in [3.05, 3.63) is 157 Å².